The van der Waals surface area contributed by atoms with Gasteiger partial charge < -0.3 is 10.2 Å². The number of benzene rings is 1. The first-order chi connectivity index (χ1) is 12.6. The molecule has 2 rings (SSSR count). The number of nitrogens with zero attached hydrogens (tertiary/aromatic N) is 2. The normalized spacial score (nSPS) is 18.2. The van der Waals surface area contributed by atoms with Crippen LogP contribution in [0.2, 0.25) is 5.02 Å². The first-order valence-electron chi connectivity index (χ1n) is 8.72. The predicted molar refractivity (Wildman–Crippen MR) is 97.6 cm³/mol. The molecule has 1 aromatic carbocycles. The van der Waals surface area contributed by atoms with Crippen LogP contribution in [0.4, 0.5) is 18.9 Å². The lowest BCUT2D eigenvalue weighted by Crippen LogP contribution is -2.46. The van der Waals surface area contributed by atoms with E-state index in [2.05, 4.69) is 17.1 Å². The van der Waals surface area contributed by atoms with Crippen molar-refractivity contribution in [2.45, 2.75) is 38.4 Å². The van der Waals surface area contributed by atoms with Gasteiger partial charge in [0.1, 0.15) is 0 Å². The third kappa shape index (κ3) is 6.10. The van der Waals surface area contributed by atoms with E-state index in [0.29, 0.717) is 6.04 Å². The van der Waals surface area contributed by atoms with Crippen molar-refractivity contribution in [1.82, 2.24) is 9.80 Å². The molecule has 1 heterocycles. The van der Waals surface area contributed by atoms with Gasteiger partial charge in [0, 0.05) is 18.8 Å². The number of anilines is 1. The first kappa shape index (κ1) is 21.5. The molecule has 9 heteroatoms. The van der Waals surface area contributed by atoms with Gasteiger partial charge in [-0.05, 0) is 44.5 Å². The smallest absolute Gasteiger partial charge is 0.335 e. The van der Waals surface area contributed by atoms with Crippen molar-refractivity contribution in [1.29, 1.82) is 0 Å². The van der Waals surface area contributed by atoms with Crippen LogP contribution < -0.4 is 5.32 Å². The number of likely N-dealkylation sites (tertiary alicyclic amines) is 1. The molecular weight excluding hydrogens is 383 g/mol. The molecule has 0 unspecified atom stereocenters. The standard InChI is InChI=1S/C18H23ClF3N3O2/c1-12-5-3-4-8-25(12)11-17(27)24(2)10-16(26)23-13-6-7-15(19)14(9-13)18(20,21)22/h6-7,9,12H,3-5,8,10-11H2,1-2H3,(H,23,26)/t12-/m1/s1. The van der Waals surface area contributed by atoms with Gasteiger partial charge >= 0.3 is 6.18 Å². The second kappa shape index (κ2) is 8.93. The highest BCUT2D eigenvalue weighted by molar-refractivity contribution is 6.31. The highest BCUT2D eigenvalue weighted by atomic mass is 35.5. The van der Waals surface area contributed by atoms with Crippen LogP contribution in [0, 0.1) is 0 Å². The Morgan fingerprint density at radius 1 is 1.33 bits per heavy atom. The van der Waals surface area contributed by atoms with Crippen molar-refractivity contribution in [3.63, 3.8) is 0 Å². The fourth-order valence-corrected chi connectivity index (χ4v) is 3.24. The molecule has 1 saturated heterocycles. The number of hydrogen-bond acceptors (Lipinski definition) is 3. The minimum atomic E-state index is -4.62. The van der Waals surface area contributed by atoms with Crippen molar-refractivity contribution >= 4 is 29.1 Å². The van der Waals surface area contributed by atoms with Crippen LogP contribution in [0.3, 0.4) is 0 Å². The fourth-order valence-electron chi connectivity index (χ4n) is 3.01. The number of carbonyl (C=O) groups is 2. The topological polar surface area (TPSA) is 52.7 Å². The summed E-state index contributed by atoms with van der Waals surface area (Å²) in [6.45, 7) is 2.89. The van der Waals surface area contributed by atoms with Gasteiger partial charge in [0.25, 0.3) is 0 Å². The van der Waals surface area contributed by atoms with Gasteiger partial charge in [0.2, 0.25) is 11.8 Å². The number of piperidine rings is 1. The maximum absolute atomic E-state index is 12.9. The summed E-state index contributed by atoms with van der Waals surface area (Å²) in [5.41, 5.74) is -1.05. The molecule has 0 aromatic heterocycles. The summed E-state index contributed by atoms with van der Waals surface area (Å²) in [6, 6.07) is 3.45. The molecule has 1 aliphatic heterocycles. The minimum absolute atomic E-state index is 0.0257. The molecule has 1 fully saturated rings. The van der Waals surface area contributed by atoms with Gasteiger partial charge in [-0.1, -0.05) is 18.0 Å². The second-order valence-corrected chi connectivity index (χ2v) is 7.21. The molecule has 0 aliphatic carbocycles. The Morgan fingerprint density at radius 2 is 2.04 bits per heavy atom. The zero-order valence-electron chi connectivity index (χ0n) is 15.3. The summed E-state index contributed by atoms with van der Waals surface area (Å²) in [6.07, 6.45) is -1.39. The predicted octanol–water partition coefficient (Wildman–Crippen LogP) is 3.63. The molecule has 150 valence electrons. The van der Waals surface area contributed by atoms with Gasteiger partial charge in [-0.3, -0.25) is 14.5 Å². The Morgan fingerprint density at radius 3 is 2.67 bits per heavy atom. The molecule has 5 nitrogen and oxygen atoms in total. The third-order valence-electron chi connectivity index (χ3n) is 4.64. The molecule has 2 amide bonds. The Hall–Kier alpha value is -1.80. The van der Waals surface area contributed by atoms with E-state index in [4.69, 9.17) is 11.6 Å². The third-order valence-corrected chi connectivity index (χ3v) is 4.97. The lowest BCUT2D eigenvalue weighted by molar-refractivity contribution is -0.137. The molecule has 0 spiro atoms. The molecule has 1 aliphatic rings. The SMILES string of the molecule is C[C@@H]1CCCCN1CC(=O)N(C)CC(=O)Nc1ccc(Cl)c(C(F)(F)F)c1. The highest BCUT2D eigenvalue weighted by Gasteiger charge is 2.33. The number of rotatable bonds is 5. The van der Waals surface area contributed by atoms with Crippen molar-refractivity contribution in [2.24, 2.45) is 0 Å². The average molecular weight is 406 g/mol. The summed E-state index contributed by atoms with van der Waals surface area (Å²) in [7, 11) is 1.50. The Kier molecular flexibility index (Phi) is 7.11. The number of amides is 2. The molecule has 0 saturated carbocycles. The van der Waals surface area contributed by atoms with Crippen molar-refractivity contribution in [2.75, 3.05) is 32.0 Å². The molecular formula is C18H23ClF3N3O2. The lowest BCUT2D eigenvalue weighted by Gasteiger charge is -2.33. The lowest BCUT2D eigenvalue weighted by atomic mass is 10.0. The van der Waals surface area contributed by atoms with E-state index in [1.54, 1.807) is 0 Å². The first-order valence-corrected chi connectivity index (χ1v) is 9.10. The van der Waals surface area contributed by atoms with Gasteiger partial charge in [0.05, 0.1) is 23.7 Å². The van der Waals surface area contributed by atoms with Crippen molar-refractivity contribution < 1.29 is 22.8 Å². The highest BCUT2D eigenvalue weighted by Crippen LogP contribution is 2.36. The number of halogens is 4. The van der Waals surface area contributed by atoms with Crippen LogP contribution in [-0.4, -0.2) is 54.3 Å². The van der Waals surface area contributed by atoms with Gasteiger partial charge in [0.15, 0.2) is 0 Å². The molecule has 1 atom stereocenters. The molecule has 0 bridgehead atoms. The van der Waals surface area contributed by atoms with Crippen LogP contribution in [-0.2, 0) is 15.8 Å². The van der Waals surface area contributed by atoms with Crippen LogP contribution >= 0.6 is 11.6 Å². The number of likely N-dealkylation sites (N-methyl/N-ethyl adjacent to an activating group) is 1. The Balaban J connectivity index is 1.92. The van der Waals surface area contributed by atoms with E-state index in [1.165, 1.54) is 18.0 Å². The van der Waals surface area contributed by atoms with Crippen LogP contribution in [0.5, 0.6) is 0 Å². The molecule has 1 aromatic rings. The van der Waals surface area contributed by atoms with Crippen molar-refractivity contribution in [3.8, 4) is 0 Å². The number of alkyl halides is 3. The zero-order valence-corrected chi connectivity index (χ0v) is 16.0. The van der Waals surface area contributed by atoms with E-state index in [1.807, 2.05) is 0 Å². The summed E-state index contributed by atoms with van der Waals surface area (Å²) in [5.74, 6) is -0.779. The maximum atomic E-state index is 12.9. The number of nitrogens with one attached hydrogen (secondary N) is 1. The van der Waals surface area contributed by atoms with Crippen molar-refractivity contribution in [3.05, 3.63) is 28.8 Å². The van der Waals surface area contributed by atoms with Gasteiger partial charge in [-0.15, -0.1) is 0 Å². The van der Waals surface area contributed by atoms with E-state index in [-0.39, 0.29) is 24.7 Å². The van der Waals surface area contributed by atoms with Gasteiger partial charge in [-0.2, -0.15) is 13.2 Å². The zero-order chi connectivity index (χ0) is 20.2. The van der Waals surface area contributed by atoms with E-state index < -0.39 is 22.7 Å². The average Bonchev–Trinajstić information content (AvgIpc) is 2.57. The Labute approximate surface area is 161 Å². The summed E-state index contributed by atoms with van der Waals surface area (Å²) in [4.78, 5) is 27.8. The van der Waals surface area contributed by atoms with E-state index in [9.17, 15) is 22.8 Å². The molecule has 27 heavy (non-hydrogen) atoms. The van der Waals surface area contributed by atoms with E-state index in [0.717, 1.165) is 37.9 Å². The fraction of sp³-hybridized carbons (Fsp3) is 0.556. The minimum Gasteiger partial charge on any atom is -0.335 e. The number of hydrogen-bond donors (Lipinski definition) is 1. The summed E-state index contributed by atoms with van der Waals surface area (Å²) < 4.78 is 38.6. The largest absolute Gasteiger partial charge is 0.417 e. The monoisotopic (exact) mass is 405 g/mol. The van der Waals surface area contributed by atoms with E-state index >= 15 is 0 Å². The maximum Gasteiger partial charge on any atom is 0.417 e. The molecule has 0 radical (unpaired) electrons. The Bertz CT molecular complexity index is 697. The summed E-state index contributed by atoms with van der Waals surface area (Å²) in [5, 5.41) is 1.93. The van der Waals surface area contributed by atoms with Crippen LogP contribution in [0.25, 0.3) is 0 Å². The molecule has 1 N–H and O–H groups in total. The second-order valence-electron chi connectivity index (χ2n) is 6.81. The summed E-state index contributed by atoms with van der Waals surface area (Å²) >= 11 is 5.56. The van der Waals surface area contributed by atoms with Crippen LogP contribution in [0.15, 0.2) is 18.2 Å². The van der Waals surface area contributed by atoms with Crippen LogP contribution in [0.1, 0.15) is 31.7 Å². The van der Waals surface area contributed by atoms with Gasteiger partial charge in [-0.25, -0.2) is 0 Å². The number of carbonyl (C=O) groups excluding carboxylic acids is 2. The quantitative estimate of drug-likeness (QED) is 0.813.